The van der Waals surface area contributed by atoms with E-state index in [0.717, 1.165) is 0 Å². The molecule has 0 unspecified atom stereocenters. The van der Waals surface area contributed by atoms with Crippen molar-refractivity contribution in [2.24, 2.45) is 0 Å². The van der Waals surface area contributed by atoms with Crippen LogP contribution in [0.4, 0.5) is 15.9 Å². The van der Waals surface area contributed by atoms with Gasteiger partial charge in [-0.3, -0.25) is 4.79 Å². The second-order valence-electron chi connectivity index (χ2n) is 5.93. The lowest BCUT2D eigenvalue weighted by atomic mass is 10.0. The highest BCUT2D eigenvalue weighted by molar-refractivity contribution is 6.42. The molecule has 0 amide bonds. The first-order valence-electron chi connectivity index (χ1n) is 8.31. The number of carboxylic acids is 1. The van der Waals surface area contributed by atoms with Crippen LogP contribution in [0.25, 0.3) is 11.3 Å². The van der Waals surface area contributed by atoms with Gasteiger partial charge in [0.25, 0.3) is 0 Å². The summed E-state index contributed by atoms with van der Waals surface area (Å²) in [5.41, 5.74) is 0.151. The molecule has 0 radical (unpaired) electrons. The highest BCUT2D eigenvalue weighted by Gasteiger charge is 2.22. The van der Waals surface area contributed by atoms with Crippen molar-refractivity contribution in [1.82, 2.24) is 4.57 Å². The van der Waals surface area contributed by atoms with Gasteiger partial charge in [0.05, 0.1) is 15.7 Å². The molecule has 0 atom stereocenters. The predicted octanol–water partition coefficient (Wildman–Crippen LogP) is 5.42. The summed E-state index contributed by atoms with van der Waals surface area (Å²) < 4.78 is 14.8. The van der Waals surface area contributed by atoms with Gasteiger partial charge in [-0.2, -0.15) is 0 Å². The van der Waals surface area contributed by atoms with Crippen molar-refractivity contribution in [3.8, 4) is 11.3 Å². The summed E-state index contributed by atoms with van der Waals surface area (Å²) in [5, 5.41) is 13.2. The van der Waals surface area contributed by atoms with Crippen molar-refractivity contribution in [1.29, 1.82) is 0 Å². The Bertz CT molecular complexity index is 1110. The van der Waals surface area contributed by atoms with Crippen molar-refractivity contribution in [2.45, 2.75) is 13.5 Å². The zero-order valence-electron chi connectivity index (χ0n) is 14.7. The summed E-state index contributed by atoms with van der Waals surface area (Å²) in [5.74, 6) is -1.37. The highest BCUT2D eigenvalue weighted by atomic mass is 35.5. The number of rotatable bonds is 5. The molecule has 3 aromatic rings. The van der Waals surface area contributed by atoms with Crippen LogP contribution >= 0.6 is 23.2 Å². The fourth-order valence-corrected chi connectivity index (χ4v) is 3.21. The molecular weight excluding hydrogens is 406 g/mol. The van der Waals surface area contributed by atoms with Crippen molar-refractivity contribution < 1.29 is 14.3 Å². The number of carboxylic acid groups (broad SMARTS) is 1. The molecule has 2 N–H and O–H groups in total. The number of halogens is 3. The summed E-state index contributed by atoms with van der Waals surface area (Å²) in [6, 6.07) is 11.5. The molecule has 0 saturated heterocycles. The van der Waals surface area contributed by atoms with Gasteiger partial charge < -0.3 is 15.0 Å². The molecule has 0 aliphatic heterocycles. The molecule has 28 heavy (non-hydrogen) atoms. The molecule has 144 valence electrons. The maximum Gasteiger partial charge on any atom is 0.341 e. The summed E-state index contributed by atoms with van der Waals surface area (Å²) >= 11 is 12.1. The number of carbonyl (C=O) groups is 1. The van der Waals surface area contributed by atoms with Crippen molar-refractivity contribution in [3.63, 3.8) is 0 Å². The molecule has 2 aromatic carbocycles. The highest BCUT2D eigenvalue weighted by Crippen LogP contribution is 2.32. The van der Waals surface area contributed by atoms with Crippen LogP contribution in [0.3, 0.4) is 0 Å². The second-order valence-corrected chi connectivity index (χ2v) is 6.74. The summed E-state index contributed by atoms with van der Waals surface area (Å²) in [6.45, 7) is 2.17. The maximum absolute atomic E-state index is 13.2. The topological polar surface area (TPSA) is 71.3 Å². The first kappa shape index (κ1) is 19.9. The first-order valence-corrected chi connectivity index (χ1v) is 9.06. The van der Waals surface area contributed by atoms with Crippen LogP contribution in [0.15, 0.2) is 53.3 Å². The van der Waals surface area contributed by atoms with E-state index >= 15 is 0 Å². The minimum atomic E-state index is -1.35. The Morgan fingerprint density at radius 3 is 2.36 bits per heavy atom. The molecule has 3 rings (SSSR count). The molecule has 0 bridgehead atoms. The largest absolute Gasteiger partial charge is 0.477 e. The van der Waals surface area contributed by atoms with Gasteiger partial charge in [-0.05, 0) is 43.3 Å². The fourth-order valence-electron chi connectivity index (χ4n) is 2.91. The summed E-state index contributed by atoms with van der Waals surface area (Å²) in [4.78, 5) is 24.4. The normalized spacial score (nSPS) is 10.7. The minimum absolute atomic E-state index is 0.200. The van der Waals surface area contributed by atoms with Crippen LogP contribution in [0.5, 0.6) is 0 Å². The van der Waals surface area contributed by atoms with Crippen molar-refractivity contribution in [3.05, 3.63) is 80.2 Å². The Morgan fingerprint density at radius 2 is 1.79 bits per heavy atom. The monoisotopic (exact) mass is 420 g/mol. The standard InChI is InChI=1S/C20H15Cl2FN2O3/c1-2-25-17(24-13-6-4-12(23)5-7-13)10-16(26)18(20(27)28)19(25)11-3-8-14(21)15(22)9-11/h3-10,24H,2H2,1H3,(H,27,28). The van der Waals surface area contributed by atoms with Gasteiger partial charge in [0.1, 0.15) is 17.2 Å². The third kappa shape index (κ3) is 3.88. The SMILES string of the molecule is CCn1c(Nc2ccc(F)cc2)cc(=O)c(C(=O)O)c1-c1ccc(Cl)c(Cl)c1. The number of aromatic nitrogens is 1. The van der Waals surface area contributed by atoms with E-state index in [1.165, 1.54) is 42.5 Å². The van der Waals surface area contributed by atoms with E-state index in [0.29, 0.717) is 28.6 Å². The zero-order chi connectivity index (χ0) is 20.4. The zero-order valence-corrected chi connectivity index (χ0v) is 16.2. The van der Waals surface area contributed by atoms with E-state index < -0.39 is 17.2 Å². The molecule has 8 heteroatoms. The Balaban J connectivity index is 2.26. The molecule has 5 nitrogen and oxygen atoms in total. The van der Waals surface area contributed by atoms with Gasteiger partial charge in [-0.25, -0.2) is 9.18 Å². The maximum atomic E-state index is 13.2. The Morgan fingerprint density at radius 1 is 1.11 bits per heavy atom. The molecule has 1 aromatic heterocycles. The van der Waals surface area contributed by atoms with Crippen LogP contribution in [-0.2, 0) is 6.54 Å². The fraction of sp³-hybridized carbons (Fsp3) is 0.100. The van der Waals surface area contributed by atoms with E-state index in [1.807, 2.05) is 6.92 Å². The van der Waals surface area contributed by atoms with Crippen molar-refractivity contribution >= 4 is 40.7 Å². The van der Waals surface area contributed by atoms with Crippen LogP contribution in [0.2, 0.25) is 10.0 Å². The third-order valence-electron chi connectivity index (χ3n) is 4.15. The molecule has 0 aliphatic carbocycles. The number of anilines is 2. The average Bonchev–Trinajstić information content (AvgIpc) is 2.65. The number of hydrogen-bond donors (Lipinski definition) is 2. The van der Waals surface area contributed by atoms with E-state index in [-0.39, 0.29) is 16.3 Å². The van der Waals surface area contributed by atoms with Gasteiger partial charge in [-0.15, -0.1) is 0 Å². The molecule has 0 aliphatic rings. The average molecular weight is 421 g/mol. The Kier molecular flexibility index (Phi) is 5.72. The minimum Gasteiger partial charge on any atom is -0.477 e. The number of benzene rings is 2. The van der Waals surface area contributed by atoms with Crippen LogP contribution in [0, 0.1) is 5.82 Å². The lowest BCUT2D eigenvalue weighted by Gasteiger charge is -2.20. The molecule has 0 spiro atoms. The number of nitrogens with one attached hydrogen (secondary N) is 1. The smallest absolute Gasteiger partial charge is 0.341 e. The third-order valence-corrected chi connectivity index (χ3v) is 4.89. The number of hydrogen-bond acceptors (Lipinski definition) is 3. The van der Waals surface area contributed by atoms with E-state index in [1.54, 1.807) is 10.6 Å². The van der Waals surface area contributed by atoms with Crippen molar-refractivity contribution in [2.75, 3.05) is 5.32 Å². The summed E-state index contributed by atoms with van der Waals surface area (Å²) in [7, 11) is 0. The number of aromatic carboxylic acids is 1. The van der Waals surface area contributed by atoms with Gasteiger partial charge in [0, 0.05) is 23.9 Å². The molecular formula is C20H15Cl2FN2O3. The summed E-state index contributed by atoms with van der Waals surface area (Å²) in [6.07, 6.45) is 0. The van der Waals surface area contributed by atoms with Gasteiger partial charge >= 0.3 is 5.97 Å². The van der Waals surface area contributed by atoms with E-state index in [2.05, 4.69) is 5.32 Å². The molecule has 0 fully saturated rings. The van der Waals surface area contributed by atoms with E-state index in [9.17, 15) is 19.1 Å². The predicted molar refractivity (Wildman–Crippen MR) is 108 cm³/mol. The van der Waals surface area contributed by atoms with Gasteiger partial charge in [0.15, 0.2) is 5.43 Å². The van der Waals surface area contributed by atoms with E-state index in [4.69, 9.17) is 23.2 Å². The number of nitrogens with zero attached hydrogens (tertiary/aromatic N) is 1. The second kappa shape index (κ2) is 8.04. The lowest BCUT2D eigenvalue weighted by molar-refractivity contribution is 0.0695. The first-order chi connectivity index (χ1) is 13.3. The van der Waals surface area contributed by atoms with Gasteiger partial charge in [0.2, 0.25) is 0 Å². The van der Waals surface area contributed by atoms with Gasteiger partial charge in [-0.1, -0.05) is 29.3 Å². The Hall–Kier alpha value is -2.83. The molecule has 1 heterocycles. The van der Waals surface area contributed by atoms with Crippen LogP contribution in [0.1, 0.15) is 17.3 Å². The van der Waals surface area contributed by atoms with Crippen LogP contribution in [-0.4, -0.2) is 15.6 Å². The Labute approximate surface area is 170 Å². The quantitative estimate of drug-likeness (QED) is 0.577. The molecule has 0 saturated carbocycles. The number of pyridine rings is 1. The lowest BCUT2D eigenvalue weighted by Crippen LogP contribution is -2.22. The van der Waals surface area contributed by atoms with Crippen LogP contribution < -0.4 is 10.7 Å².